The number of nitrogens with zero attached hydrogens (tertiary/aromatic N) is 3. The van der Waals surface area contributed by atoms with E-state index in [2.05, 4.69) is 12.0 Å². The molecule has 0 aromatic carbocycles. The summed E-state index contributed by atoms with van der Waals surface area (Å²) in [7, 11) is 2.42. The van der Waals surface area contributed by atoms with Crippen LogP contribution in [0.3, 0.4) is 0 Å². The number of rotatable bonds is 6. The maximum atomic E-state index is 5.31. The molecule has 4 N–H and O–H groups in total. The summed E-state index contributed by atoms with van der Waals surface area (Å²) < 4.78 is 2.71. The van der Waals surface area contributed by atoms with Crippen LogP contribution >= 0.6 is 0 Å². The van der Waals surface area contributed by atoms with Crippen LogP contribution in [0.5, 0.6) is 0 Å². The van der Waals surface area contributed by atoms with E-state index in [9.17, 15) is 0 Å². The zero-order valence-corrected chi connectivity index (χ0v) is 11.8. The highest BCUT2D eigenvalue weighted by Gasteiger charge is 2.45. The molecule has 3 saturated heterocycles. The number of nitrogens with two attached hydrogens (primary N) is 2. The van der Waals surface area contributed by atoms with E-state index in [1.54, 1.807) is 0 Å². The first-order chi connectivity index (χ1) is 8.54. The predicted molar refractivity (Wildman–Crippen MR) is 75.0 cm³/mol. The van der Waals surface area contributed by atoms with Gasteiger partial charge in [0.25, 0.3) is 0 Å². The molecule has 0 amide bonds. The number of hydrogen-bond acceptors (Lipinski definition) is 1. The van der Waals surface area contributed by atoms with Gasteiger partial charge < -0.3 is 20.4 Å². The van der Waals surface area contributed by atoms with Crippen molar-refractivity contribution in [2.75, 3.05) is 59.4 Å². The molecule has 3 fully saturated rings. The smallest absolute Gasteiger partial charge is 0.185 e. The van der Waals surface area contributed by atoms with Gasteiger partial charge in [0.05, 0.1) is 13.6 Å². The number of fused-ring (bicyclic) bond motifs is 3. The Morgan fingerprint density at radius 3 is 2.11 bits per heavy atom. The molecule has 0 spiro atoms. The lowest BCUT2D eigenvalue weighted by Gasteiger charge is -2.54. The van der Waals surface area contributed by atoms with Crippen LogP contribution in [0.1, 0.15) is 19.3 Å². The Morgan fingerprint density at radius 1 is 0.944 bits per heavy atom. The van der Waals surface area contributed by atoms with Crippen LogP contribution in [0.15, 0.2) is 4.99 Å². The standard InChI is InChI=1S/C13H29N5/c1-17-7-10-18(11-8-17,12-9-17)6-4-2-3-5-16-13(14)15/h2-12H2,1H3,(H4,14,15,16)/q+2. The first-order valence-electron chi connectivity index (χ1n) is 7.28. The third-order valence-corrected chi connectivity index (χ3v) is 4.93. The number of unbranched alkanes of at least 4 members (excludes halogenated alkanes) is 2. The molecular formula is C13H29N5+2. The monoisotopic (exact) mass is 255 g/mol. The van der Waals surface area contributed by atoms with Crippen LogP contribution in [0, 0.1) is 0 Å². The minimum Gasteiger partial charge on any atom is -0.370 e. The fraction of sp³-hybridized carbons (Fsp3) is 0.923. The fourth-order valence-electron chi connectivity index (χ4n) is 3.31. The topological polar surface area (TPSA) is 64.4 Å². The van der Waals surface area contributed by atoms with Crippen molar-refractivity contribution in [2.24, 2.45) is 16.5 Å². The van der Waals surface area contributed by atoms with Gasteiger partial charge in [-0.05, 0) is 19.3 Å². The Morgan fingerprint density at radius 2 is 1.56 bits per heavy atom. The quantitative estimate of drug-likeness (QED) is 0.297. The number of likely N-dealkylation sites (N-methyl/N-ethyl adjacent to an activating group) is 1. The van der Waals surface area contributed by atoms with E-state index in [0.29, 0.717) is 0 Å². The van der Waals surface area contributed by atoms with E-state index in [1.165, 1.54) is 67.6 Å². The molecule has 3 heterocycles. The zero-order valence-electron chi connectivity index (χ0n) is 11.8. The van der Waals surface area contributed by atoms with E-state index >= 15 is 0 Å². The van der Waals surface area contributed by atoms with Crippen LogP contribution in [-0.4, -0.2) is 74.3 Å². The maximum absolute atomic E-state index is 5.31. The summed E-state index contributed by atoms with van der Waals surface area (Å²) in [5.74, 6) is 0.223. The third-order valence-electron chi connectivity index (χ3n) is 4.93. The van der Waals surface area contributed by atoms with Crippen molar-refractivity contribution in [3.05, 3.63) is 0 Å². The molecule has 2 bridgehead atoms. The van der Waals surface area contributed by atoms with Crippen LogP contribution in [0.25, 0.3) is 0 Å². The zero-order chi connectivity index (χ0) is 13.1. The fourth-order valence-corrected chi connectivity index (χ4v) is 3.31. The van der Waals surface area contributed by atoms with Gasteiger partial charge in [0.15, 0.2) is 5.96 Å². The highest BCUT2D eigenvalue weighted by atomic mass is 15.5. The molecular weight excluding hydrogens is 226 g/mol. The van der Waals surface area contributed by atoms with Gasteiger partial charge in [-0.15, -0.1) is 0 Å². The first-order valence-corrected chi connectivity index (χ1v) is 7.28. The minimum atomic E-state index is 0.223. The van der Waals surface area contributed by atoms with Gasteiger partial charge in [-0.1, -0.05) is 0 Å². The number of aliphatic imine (C=N–C) groups is 1. The summed E-state index contributed by atoms with van der Waals surface area (Å²) in [6, 6.07) is 0. The van der Waals surface area contributed by atoms with Gasteiger partial charge >= 0.3 is 0 Å². The van der Waals surface area contributed by atoms with Crippen molar-refractivity contribution in [3.8, 4) is 0 Å². The van der Waals surface area contributed by atoms with Crippen molar-refractivity contribution in [1.82, 2.24) is 0 Å². The SMILES string of the molecule is C[N+]12CC[N+](CCCCCN=C(N)N)(CC1)CC2. The molecule has 3 rings (SSSR count). The number of quaternary nitrogens is 2. The van der Waals surface area contributed by atoms with Crippen molar-refractivity contribution < 1.29 is 8.97 Å². The Labute approximate surface area is 111 Å². The summed E-state index contributed by atoms with van der Waals surface area (Å²) >= 11 is 0. The minimum absolute atomic E-state index is 0.223. The van der Waals surface area contributed by atoms with E-state index < -0.39 is 0 Å². The van der Waals surface area contributed by atoms with Gasteiger partial charge in [0.1, 0.15) is 39.3 Å². The second-order valence-electron chi connectivity index (χ2n) is 6.39. The Kier molecular flexibility index (Phi) is 4.12. The molecule has 3 aliphatic rings. The van der Waals surface area contributed by atoms with Gasteiger partial charge in [-0.2, -0.15) is 0 Å². The molecule has 5 heteroatoms. The van der Waals surface area contributed by atoms with Gasteiger partial charge in [0, 0.05) is 6.54 Å². The maximum Gasteiger partial charge on any atom is 0.185 e. The molecule has 0 saturated carbocycles. The lowest BCUT2D eigenvalue weighted by atomic mass is 10.1. The van der Waals surface area contributed by atoms with Crippen LogP contribution in [-0.2, 0) is 0 Å². The number of hydrogen-bond donors (Lipinski definition) is 2. The Hall–Kier alpha value is -0.810. The molecule has 0 unspecified atom stereocenters. The average Bonchev–Trinajstić information content (AvgIpc) is 2.35. The summed E-state index contributed by atoms with van der Waals surface area (Å²) in [5, 5.41) is 0. The van der Waals surface area contributed by atoms with Crippen molar-refractivity contribution >= 4 is 5.96 Å². The molecule has 0 aromatic heterocycles. The molecule has 0 aromatic rings. The molecule has 18 heavy (non-hydrogen) atoms. The average molecular weight is 255 g/mol. The highest BCUT2D eigenvalue weighted by molar-refractivity contribution is 5.75. The predicted octanol–water partition coefficient (Wildman–Crippen LogP) is -0.279. The molecule has 0 aliphatic carbocycles. The highest BCUT2D eigenvalue weighted by Crippen LogP contribution is 2.25. The van der Waals surface area contributed by atoms with E-state index in [4.69, 9.17) is 11.5 Å². The third kappa shape index (κ3) is 3.36. The van der Waals surface area contributed by atoms with Gasteiger partial charge in [-0.3, -0.25) is 4.99 Å². The van der Waals surface area contributed by atoms with Crippen molar-refractivity contribution in [2.45, 2.75) is 19.3 Å². The molecule has 0 atom stereocenters. The lowest BCUT2D eigenvalue weighted by Crippen LogP contribution is -2.73. The molecule has 3 aliphatic heterocycles. The van der Waals surface area contributed by atoms with Gasteiger partial charge in [-0.25, -0.2) is 0 Å². The second kappa shape index (κ2) is 5.45. The van der Waals surface area contributed by atoms with E-state index in [0.717, 1.165) is 13.0 Å². The van der Waals surface area contributed by atoms with Gasteiger partial charge in [0.2, 0.25) is 0 Å². The summed E-state index contributed by atoms with van der Waals surface area (Å²) in [6.07, 6.45) is 3.69. The van der Waals surface area contributed by atoms with Crippen LogP contribution in [0.2, 0.25) is 0 Å². The Bertz CT molecular complexity index is 284. The van der Waals surface area contributed by atoms with E-state index in [-0.39, 0.29) is 5.96 Å². The van der Waals surface area contributed by atoms with Crippen LogP contribution in [0.4, 0.5) is 0 Å². The largest absolute Gasteiger partial charge is 0.370 e. The summed E-state index contributed by atoms with van der Waals surface area (Å²) in [4.78, 5) is 4.03. The lowest BCUT2D eigenvalue weighted by molar-refractivity contribution is -1.07. The Balaban J connectivity index is 1.64. The first kappa shape index (κ1) is 13.6. The molecule has 5 nitrogen and oxygen atoms in total. The summed E-state index contributed by atoms with van der Waals surface area (Å²) in [6.45, 7) is 10.5. The van der Waals surface area contributed by atoms with E-state index in [1.807, 2.05) is 0 Å². The number of piperazine rings is 3. The second-order valence-corrected chi connectivity index (χ2v) is 6.39. The normalized spacial score (nSPS) is 34.5. The molecule has 0 radical (unpaired) electrons. The van der Waals surface area contributed by atoms with Crippen LogP contribution < -0.4 is 11.5 Å². The molecule has 104 valence electrons. The summed E-state index contributed by atoms with van der Waals surface area (Å²) in [5.41, 5.74) is 10.6. The van der Waals surface area contributed by atoms with Crippen molar-refractivity contribution in [1.29, 1.82) is 0 Å². The van der Waals surface area contributed by atoms with Crippen molar-refractivity contribution in [3.63, 3.8) is 0 Å². The number of guanidine groups is 1.